The van der Waals surface area contributed by atoms with E-state index >= 15 is 0 Å². The highest BCUT2D eigenvalue weighted by molar-refractivity contribution is 5.29. The van der Waals surface area contributed by atoms with E-state index in [4.69, 9.17) is 4.74 Å². The minimum atomic E-state index is -0.0524. The zero-order valence-electron chi connectivity index (χ0n) is 10.3. The molecule has 3 rings (SSSR count). The quantitative estimate of drug-likeness (QED) is 0.693. The molecule has 0 aliphatic carbocycles. The maximum atomic E-state index is 5.66. The van der Waals surface area contributed by atoms with Gasteiger partial charge in [0.05, 0.1) is 6.61 Å². The van der Waals surface area contributed by atoms with E-state index in [1.165, 1.54) is 0 Å². The maximum Gasteiger partial charge on any atom is 0.228 e. The number of ether oxygens (including phenoxy) is 1. The average Bonchev–Trinajstić information content (AvgIpc) is 2.49. The molecule has 2 aliphatic heterocycles. The van der Waals surface area contributed by atoms with Gasteiger partial charge in [0.15, 0.2) is 5.82 Å². The molecular formula is C11H18N6O. The summed E-state index contributed by atoms with van der Waals surface area (Å²) < 4.78 is 5.66. The Morgan fingerprint density at radius 1 is 1.17 bits per heavy atom. The summed E-state index contributed by atoms with van der Waals surface area (Å²) in [5.41, 5.74) is 0. The molecule has 1 aromatic rings. The van der Waals surface area contributed by atoms with Gasteiger partial charge in [0.1, 0.15) is 12.4 Å². The Hall–Kier alpha value is -1.31. The van der Waals surface area contributed by atoms with Gasteiger partial charge >= 0.3 is 0 Å². The number of aromatic nitrogens is 3. The van der Waals surface area contributed by atoms with Crippen LogP contribution in [0.3, 0.4) is 0 Å². The molecule has 0 saturated carbocycles. The topological polar surface area (TPSA) is 75.2 Å². The monoisotopic (exact) mass is 250 g/mol. The Balaban J connectivity index is 1.75. The normalized spacial score (nSPS) is 25.1. The van der Waals surface area contributed by atoms with Crippen LogP contribution in [-0.4, -0.2) is 60.8 Å². The van der Waals surface area contributed by atoms with Crippen LogP contribution >= 0.6 is 0 Å². The van der Waals surface area contributed by atoms with Crippen LogP contribution in [-0.2, 0) is 4.74 Å². The smallest absolute Gasteiger partial charge is 0.228 e. The Morgan fingerprint density at radius 3 is 2.83 bits per heavy atom. The van der Waals surface area contributed by atoms with Crippen molar-refractivity contribution in [2.75, 3.05) is 50.8 Å². The van der Waals surface area contributed by atoms with Crippen LogP contribution in [0, 0.1) is 0 Å². The lowest BCUT2D eigenvalue weighted by atomic mass is 10.3. The van der Waals surface area contributed by atoms with Crippen molar-refractivity contribution in [3.63, 3.8) is 0 Å². The second-order valence-corrected chi connectivity index (χ2v) is 4.44. The van der Waals surface area contributed by atoms with E-state index in [0.717, 1.165) is 51.0 Å². The Bertz CT molecular complexity index is 356. The molecule has 7 nitrogen and oxygen atoms in total. The van der Waals surface area contributed by atoms with Crippen molar-refractivity contribution in [2.24, 2.45) is 0 Å². The van der Waals surface area contributed by atoms with Crippen molar-refractivity contribution in [3.05, 3.63) is 12.2 Å². The first-order valence-electron chi connectivity index (χ1n) is 6.40. The molecule has 0 spiro atoms. The highest BCUT2D eigenvalue weighted by Crippen LogP contribution is 2.16. The molecule has 2 fully saturated rings. The van der Waals surface area contributed by atoms with Gasteiger partial charge in [-0.2, -0.15) is 4.98 Å². The van der Waals surface area contributed by atoms with Crippen molar-refractivity contribution in [2.45, 2.75) is 6.10 Å². The highest BCUT2D eigenvalue weighted by Gasteiger charge is 2.20. The summed E-state index contributed by atoms with van der Waals surface area (Å²) in [5.74, 6) is 1.49. The standard InChI is InChI=1S/C11H18N6O/c1-4-17(5-2-12-1)11-15-8-14-10(16-11)9-7-13-3-6-18-9/h8-9,12-13H,1-7H2. The van der Waals surface area contributed by atoms with Gasteiger partial charge in [0, 0.05) is 39.3 Å². The fraction of sp³-hybridized carbons (Fsp3) is 0.727. The second-order valence-electron chi connectivity index (χ2n) is 4.44. The van der Waals surface area contributed by atoms with Crippen LogP contribution in [0.15, 0.2) is 6.33 Å². The number of nitrogens with zero attached hydrogens (tertiary/aromatic N) is 4. The summed E-state index contributed by atoms with van der Waals surface area (Å²) >= 11 is 0. The van der Waals surface area contributed by atoms with Crippen molar-refractivity contribution >= 4 is 5.95 Å². The molecule has 0 aromatic carbocycles. The summed E-state index contributed by atoms with van der Waals surface area (Å²) in [5, 5.41) is 6.60. The molecule has 2 N–H and O–H groups in total. The van der Waals surface area contributed by atoms with Gasteiger partial charge in [0.25, 0.3) is 0 Å². The van der Waals surface area contributed by atoms with Crippen LogP contribution in [0.25, 0.3) is 0 Å². The highest BCUT2D eigenvalue weighted by atomic mass is 16.5. The van der Waals surface area contributed by atoms with Crippen molar-refractivity contribution < 1.29 is 4.74 Å². The number of rotatable bonds is 2. The summed E-state index contributed by atoms with van der Waals surface area (Å²) in [7, 11) is 0. The number of morpholine rings is 1. The first-order valence-corrected chi connectivity index (χ1v) is 6.40. The fourth-order valence-electron chi connectivity index (χ4n) is 2.20. The second kappa shape index (κ2) is 5.55. The lowest BCUT2D eigenvalue weighted by Crippen LogP contribution is -2.44. The first kappa shape index (κ1) is 11.8. The van der Waals surface area contributed by atoms with Crippen LogP contribution < -0.4 is 15.5 Å². The molecule has 1 atom stereocenters. The molecule has 1 aromatic heterocycles. The number of hydrogen-bond acceptors (Lipinski definition) is 7. The van der Waals surface area contributed by atoms with Gasteiger partial charge in [-0.15, -0.1) is 0 Å². The van der Waals surface area contributed by atoms with E-state index in [1.54, 1.807) is 6.33 Å². The number of piperazine rings is 1. The van der Waals surface area contributed by atoms with E-state index < -0.39 is 0 Å². The SMILES string of the molecule is c1nc(C2CNCCO2)nc(N2CCNCC2)n1. The predicted molar refractivity (Wildman–Crippen MR) is 66.5 cm³/mol. The Labute approximate surface area is 106 Å². The van der Waals surface area contributed by atoms with Crippen LogP contribution in [0.5, 0.6) is 0 Å². The van der Waals surface area contributed by atoms with Gasteiger partial charge in [-0.05, 0) is 0 Å². The first-order chi connectivity index (χ1) is 8.93. The number of nitrogens with one attached hydrogen (secondary N) is 2. The summed E-state index contributed by atoms with van der Waals surface area (Å²) in [6.45, 7) is 6.20. The van der Waals surface area contributed by atoms with Gasteiger partial charge < -0.3 is 20.3 Å². The van der Waals surface area contributed by atoms with Crippen LogP contribution in [0.4, 0.5) is 5.95 Å². The molecule has 0 amide bonds. The molecule has 2 saturated heterocycles. The van der Waals surface area contributed by atoms with E-state index in [2.05, 4.69) is 30.5 Å². The van der Waals surface area contributed by atoms with Gasteiger partial charge in [-0.25, -0.2) is 9.97 Å². The van der Waals surface area contributed by atoms with E-state index in [-0.39, 0.29) is 6.10 Å². The molecule has 0 radical (unpaired) electrons. The summed E-state index contributed by atoms with van der Waals surface area (Å²) in [4.78, 5) is 15.2. The summed E-state index contributed by atoms with van der Waals surface area (Å²) in [6.07, 6.45) is 1.53. The zero-order chi connectivity index (χ0) is 12.2. The lowest BCUT2D eigenvalue weighted by molar-refractivity contribution is 0.0220. The van der Waals surface area contributed by atoms with Gasteiger partial charge in [0.2, 0.25) is 5.95 Å². The minimum Gasteiger partial charge on any atom is -0.368 e. The van der Waals surface area contributed by atoms with Crippen LogP contribution in [0.1, 0.15) is 11.9 Å². The average molecular weight is 250 g/mol. The van der Waals surface area contributed by atoms with Crippen molar-refractivity contribution in [1.29, 1.82) is 0 Å². The Kier molecular flexibility index (Phi) is 3.63. The third-order valence-corrected chi connectivity index (χ3v) is 3.19. The zero-order valence-corrected chi connectivity index (χ0v) is 10.3. The molecule has 98 valence electrons. The molecule has 1 unspecified atom stereocenters. The number of hydrogen-bond donors (Lipinski definition) is 2. The summed E-state index contributed by atoms with van der Waals surface area (Å²) in [6, 6.07) is 0. The molecule has 2 aliphatic rings. The third kappa shape index (κ3) is 2.58. The van der Waals surface area contributed by atoms with Gasteiger partial charge in [-0.1, -0.05) is 0 Å². The molecule has 0 bridgehead atoms. The minimum absolute atomic E-state index is 0.0524. The predicted octanol–water partition coefficient (Wildman–Crippen LogP) is -1.06. The molecule has 18 heavy (non-hydrogen) atoms. The van der Waals surface area contributed by atoms with Gasteiger partial charge in [-0.3, -0.25) is 0 Å². The molecule has 3 heterocycles. The number of anilines is 1. The molecule has 7 heteroatoms. The van der Waals surface area contributed by atoms with Crippen molar-refractivity contribution in [1.82, 2.24) is 25.6 Å². The Morgan fingerprint density at radius 2 is 2.06 bits per heavy atom. The lowest BCUT2D eigenvalue weighted by Gasteiger charge is -2.28. The van der Waals surface area contributed by atoms with E-state index in [9.17, 15) is 0 Å². The maximum absolute atomic E-state index is 5.66. The molecular weight excluding hydrogens is 232 g/mol. The van der Waals surface area contributed by atoms with E-state index in [1.807, 2.05) is 0 Å². The fourth-order valence-corrected chi connectivity index (χ4v) is 2.20. The van der Waals surface area contributed by atoms with Crippen molar-refractivity contribution in [3.8, 4) is 0 Å². The van der Waals surface area contributed by atoms with E-state index in [0.29, 0.717) is 6.61 Å². The third-order valence-electron chi connectivity index (χ3n) is 3.19. The largest absolute Gasteiger partial charge is 0.368 e. The van der Waals surface area contributed by atoms with Crippen LogP contribution in [0.2, 0.25) is 0 Å².